The van der Waals surface area contributed by atoms with Gasteiger partial charge in [0.2, 0.25) is 5.91 Å². The summed E-state index contributed by atoms with van der Waals surface area (Å²) in [6.45, 7) is 7.60. The molecule has 2 aromatic carbocycles. The van der Waals surface area contributed by atoms with E-state index in [1.165, 1.54) is 0 Å². The van der Waals surface area contributed by atoms with E-state index in [2.05, 4.69) is 32.9 Å². The molecule has 33 heavy (non-hydrogen) atoms. The van der Waals surface area contributed by atoms with Gasteiger partial charge in [-0.15, -0.1) is 0 Å². The molecule has 2 heterocycles. The fourth-order valence-corrected chi connectivity index (χ4v) is 4.32. The van der Waals surface area contributed by atoms with Crippen LogP contribution in [0.5, 0.6) is 0 Å². The highest BCUT2D eigenvalue weighted by molar-refractivity contribution is 5.78. The lowest BCUT2D eigenvalue weighted by Crippen LogP contribution is -2.45. The number of hydrogen-bond acceptors (Lipinski definition) is 5. The molecule has 1 saturated heterocycles. The maximum atomic E-state index is 13.1. The predicted molar refractivity (Wildman–Crippen MR) is 126 cm³/mol. The Morgan fingerprint density at radius 1 is 1.09 bits per heavy atom. The average Bonchev–Trinajstić information content (AvgIpc) is 3.11. The van der Waals surface area contributed by atoms with E-state index < -0.39 is 0 Å². The number of ether oxygens (including phenoxy) is 1. The molecule has 174 valence electrons. The van der Waals surface area contributed by atoms with Crippen LogP contribution >= 0.6 is 0 Å². The van der Waals surface area contributed by atoms with Crippen molar-refractivity contribution in [2.45, 2.75) is 33.4 Å². The van der Waals surface area contributed by atoms with Gasteiger partial charge in [-0.05, 0) is 11.0 Å². The maximum Gasteiger partial charge on any atom is 0.249 e. The second-order valence-electron chi connectivity index (χ2n) is 9.68. The van der Waals surface area contributed by atoms with Gasteiger partial charge in [0, 0.05) is 24.6 Å². The van der Waals surface area contributed by atoms with Gasteiger partial charge in [0.15, 0.2) is 11.6 Å². The Kier molecular flexibility index (Phi) is 6.91. The molecule has 1 aromatic heterocycles. The molecule has 3 aromatic rings. The van der Waals surface area contributed by atoms with Gasteiger partial charge in [-0.3, -0.25) is 4.79 Å². The van der Waals surface area contributed by atoms with Crippen molar-refractivity contribution >= 4 is 5.91 Å². The van der Waals surface area contributed by atoms with Crippen molar-refractivity contribution in [2.75, 3.05) is 26.4 Å². The minimum absolute atomic E-state index is 0.00143. The highest BCUT2D eigenvalue weighted by Gasteiger charge is 2.40. The summed E-state index contributed by atoms with van der Waals surface area (Å²) in [7, 11) is 0. The zero-order chi connectivity index (χ0) is 23.4. The summed E-state index contributed by atoms with van der Waals surface area (Å²) < 4.78 is 7.46. The van der Waals surface area contributed by atoms with E-state index in [0.717, 1.165) is 17.0 Å². The lowest BCUT2D eigenvalue weighted by atomic mass is 9.84. The van der Waals surface area contributed by atoms with Gasteiger partial charge in [0.1, 0.15) is 6.61 Å². The summed E-state index contributed by atoms with van der Waals surface area (Å²) in [5.41, 5.74) is 1.71. The van der Waals surface area contributed by atoms with Crippen LogP contribution in [0.1, 0.15) is 38.2 Å². The van der Waals surface area contributed by atoms with E-state index in [0.29, 0.717) is 25.5 Å². The van der Waals surface area contributed by atoms with Crippen molar-refractivity contribution in [3.8, 4) is 11.4 Å². The molecule has 4 rings (SSSR count). The lowest BCUT2D eigenvalue weighted by molar-refractivity contribution is -0.139. The van der Waals surface area contributed by atoms with Crippen molar-refractivity contribution in [3.63, 3.8) is 0 Å². The minimum Gasteiger partial charge on any atom is -0.396 e. The van der Waals surface area contributed by atoms with Gasteiger partial charge in [-0.25, -0.2) is 9.67 Å². The number of amides is 1. The predicted octanol–water partition coefficient (Wildman–Crippen LogP) is 3.55. The second-order valence-corrected chi connectivity index (χ2v) is 9.68. The van der Waals surface area contributed by atoms with Crippen LogP contribution in [0.4, 0.5) is 0 Å². The van der Waals surface area contributed by atoms with Crippen LogP contribution in [0.25, 0.3) is 11.4 Å². The average molecular weight is 449 g/mol. The number of carbonyl (C=O) groups excluding carboxylic acids is 1. The van der Waals surface area contributed by atoms with Crippen molar-refractivity contribution in [1.29, 1.82) is 0 Å². The third-order valence-electron chi connectivity index (χ3n) is 5.90. The topological polar surface area (TPSA) is 80.5 Å². The van der Waals surface area contributed by atoms with Crippen LogP contribution in [0, 0.1) is 11.3 Å². The zero-order valence-corrected chi connectivity index (χ0v) is 19.5. The molecular formula is C26H32N4O3. The van der Waals surface area contributed by atoms with E-state index >= 15 is 0 Å². The molecular weight excluding hydrogens is 416 g/mol. The summed E-state index contributed by atoms with van der Waals surface area (Å²) in [6, 6.07) is 19.7. The molecule has 0 spiro atoms. The Morgan fingerprint density at radius 3 is 2.39 bits per heavy atom. The van der Waals surface area contributed by atoms with Crippen LogP contribution in [0.2, 0.25) is 0 Å². The molecule has 1 aliphatic heterocycles. The first-order chi connectivity index (χ1) is 15.9. The Bertz CT molecular complexity index is 1060. The van der Waals surface area contributed by atoms with Gasteiger partial charge in [0.05, 0.1) is 19.2 Å². The minimum atomic E-state index is -0.338. The summed E-state index contributed by atoms with van der Waals surface area (Å²) >= 11 is 0. The summed E-state index contributed by atoms with van der Waals surface area (Å²) in [5.74, 6) is 1.13. The monoisotopic (exact) mass is 448 g/mol. The molecule has 1 aliphatic rings. The van der Waals surface area contributed by atoms with E-state index in [1.54, 1.807) is 0 Å². The number of carbonyl (C=O) groups is 1. The first-order valence-corrected chi connectivity index (χ1v) is 11.4. The molecule has 0 unspecified atom stereocenters. The normalized spacial score (nSPS) is 18.2. The third-order valence-corrected chi connectivity index (χ3v) is 5.90. The van der Waals surface area contributed by atoms with E-state index in [9.17, 15) is 9.90 Å². The van der Waals surface area contributed by atoms with Gasteiger partial charge in [-0.1, -0.05) is 81.4 Å². The molecule has 0 bridgehead atoms. The molecule has 0 aliphatic carbocycles. The number of aliphatic hydroxyl groups is 1. The van der Waals surface area contributed by atoms with Crippen LogP contribution in [0.15, 0.2) is 60.7 Å². The van der Waals surface area contributed by atoms with E-state index in [4.69, 9.17) is 14.8 Å². The molecule has 0 saturated carbocycles. The highest BCUT2D eigenvalue weighted by atomic mass is 16.5. The summed E-state index contributed by atoms with van der Waals surface area (Å²) in [5, 5.41) is 14.7. The quantitative estimate of drug-likeness (QED) is 0.624. The smallest absolute Gasteiger partial charge is 0.249 e. The molecule has 1 N–H and O–H groups in total. The maximum absolute atomic E-state index is 13.1. The van der Waals surface area contributed by atoms with E-state index in [-0.39, 0.29) is 36.5 Å². The van der Waals surface area contributed by atoms with Crippen molar-refractivity contribution in [2.24, 2.45) is 11.3 Å². The van der Waals surface area contributed by atoms with Gasteiger partial charge >= 0.3 is 0 Å². The molecule has 1 amide bonds. The molecule has 0 radical (unpaired) electrons. The van der Waals surface area contributed by atoms with Gasteiger partial charge < -0.3 is 14.7 Å². The zero-order valence-electron chi connectivity index (χ0n) is 19.5. The SMILES string of the molecule is CC(C)(C)[C@H](c1nc(-c2ccccc2)nn1Cc1ccccc1)N1C[C@@H](CO)COCC1=O. The highest BCUT2D eigenvalue weighted by Crippen LogP contribution is 2.39. The Balaban J connectivity index is 1.83. The standard InChI is InChI=1S/C26H32N4O3/c1-26(2,3)23(29-14-20(16-31)17-33-18-22(29)32)25-27-24(21-12-8-5-9-13-21)28-30(25)15-19-10-6-4-7-11-19/h4-13,20,23,31H,14-18H2,1-3H3/t20-,23-/m0/s1. The number of nitrogens with zero attached hydrogens (tertiary/aromatic N) is 4. The lowest BCUT2D eigenvalue weighted by Gasteiger charge is -2.39. The number of aromatic nitrogens is 3. The van der Waals surface area contributed by atoms with Crippen molar-refractivity contribution in [1.82, 2.24) is 19.7 Å². The number of hydrogen-bond donors (Lipinski definition) is 1. The number of benzene rings is 2. The second kappa shape index (κ2) is 9.85. The molecule has 7 heteroatoms. The van der Waals surface area contributed by atoms with Gasteiger partial charge in [-0.2, -0.15) is 5.10 Å². The summed E-state index contributed by atoms with van der Waals surface area (Å²) in [6.07, 6.45) is 0. The van der Waals surface area contributed by atoms with Crippen LogP contribution in [-0.2, 0) is 16.1 Å². The summed E-state index contributed by atoms with van der Waals surface area (Å²) in [4.78, 5) is 20.0. The number of rotatable bonds is 6. The Morgan fingerprint density at radius 2 is 1.76 bits per heavy atom. The van der Waals surface area contributed by atoms with Gasteiger partial charge in [0.25, 0.3) is 0 Å². The van der Waals surface area contributed by atoms with Crippen molar-refractivity contribution in [3.05, 3.63) is 72.1 Å². The van der Waals surface area contributed by atoms with Crippen LogP contribution < -0.4 is 0 Å². The van der Waals surface area contributed by atoms with E-state index in [1.807, 2.05) is 58.1 Å². The van der Waals surface area contributed by atoms with Crippen LogP contribution in [-0.4, -0.2) is 57.0 Å². The Labute approximate surface area is 195 Å². The fraction of sp³-hybridized carbons (Fsp3) is 0.423. The number of aliphatic hydroxyl groups excluding tert-OH is 1. The van der Waals surface area contributed by atoms with Crippen LogP contribution in [0.3, 0.4) is 0 Å². The largest absolute Gasteiger partial charge is 0.396 e. The molecule has 2 atom stereocenters. The first-order valence-electron chi connectivity index (χ1n) is 11.4. The Hall–Kier alpha value is -3.03. The molecule has 1 fully saturated rings. The third kappa shape index (κ3) is 5.31. The fourth-order valence-electron chi connectivity index (χ4n) is 4.32. The van der Waals surface area contributed by atoms with Crippen molar-refractivity contribution < 1.29 is 14.6 Å². The first kappa shape index (κ1) is 23.1. The molecule has 7 nitrogen and oxygen atoms in total.